The lowest BCUT2D eigenvalue weighted by atomic mass is 9.88. The van der Waals surface area contributed by atoms with E-state index in [0.29, 0.717) is 5.92 Å². The van der Waals surface area contributed by atoms with Gasteiger partial charge in [0, 0.05) is 5.92 Å². The Labute approximate surface area is 104 Å². The summed E-state index contributed by atoms with van der Waals surface area (Å²) < 4.78 is 0. The van der Waals surface area contributed by atoms with E-state index >= 15 is 0 Å². The number of benzene rings is 2. The first-order chi connectivity index (χ1) is 8.42. The van der Waals surface area contributed by atoms with Crippen molar-refractivity contribution in [3.8, 4) is 0 Å². The molecule has 0 N–H and O–H groups in total. The van der Waals surface area contributed by atoms with Crippen molar-refractivity contribution in [3.05, 3.63) is 83.9 Å². The van der Waals surface area contributed by atoms with E-state index in [0.717, 1.165) is 6.42 Å². The van der Waals surface area contributed by atoms with Gasteiger partial charge in [0.15, 0.2) is 0 Å². The van der Waals surface area contributed by atoms with Crippen LogP contribution in [-0.2, 0) is 0 Å². The van der Waals surface area contributed by atoms with Gasteiger partial charge in [-0.05, 0) is 24.5 Å². The molecule has 0 bridgehead atoms. The smallest absolute Gasteiger partial charge is 0.0124 e. The molecule has 0 saturated carbocycles. The van der Waals surface area contributed by atoms with Crippen molar-refractivity contribution in [1.29, 1.82) is 0 Å². The highest BCUT2D eigenvalue weighted by Crippen LogP contribution is 2.27. The maximum Gasteiger partial charge on any atom is 0.0124 e. The van der Waals surface area contributed by atoms with Gasteiger partial charge in [0.1, 0.15) is 0 Å². The van der Waals surface area contributed by atoms with Gasteiger partial charge in [0.2, 0.25) is 0 Å². The molecular formula is C17H18. The van der Waals surface area contributed by atoms with E-state index in [1.165, 1.54) is 11.1 Å². The summed E-state index contributed by atoms with van der Waals surface area (Å²) in [7, 11) is 0. The molecule has 2 rings (SSSR count). The largest absolute Gasteiger partial charge is 0.0916 e. The molecule has 0 aromatic heterocycles. The lowest BCUT2D eigenvalue weighted by molar-refractivity contribution is 0.829. The Hall–Kier alpha value is -1.82. The van der Waals surface area contributed by atoms with Crippen molar-refractivity contribution < 1.29 is 0 Å². The minimum absolute atomic E-state index is 0.466. The third-order valence-corrected chi connectivity index (χ3v) is 3.01. The first kappa shape index (κ1) is 11.7. The van der Waals surface area contributed by atoms with Gasteiger partial charge in [0.05, 0.1) is 0 Å². The molecule has 0 heteroatoms. The Morgan fingerprint density at radius 1 is 0.824 bits per heavy atom. The van der Waals surface area contributed by atoms with Gasteiger partial charge in [-0.2, -0.15) is 0 Å². The van der Waals surface area contributed by atoms with Crippen molar-refractivity contribution in [2.45, 2.75) is 19.3 Å². The van der Waals surface area contributed by atoms with Crippen LogP contribution in [0.2, 0.25) is 0 Å². The lowest BCUT2D eigenvalue weighted by Crippen LogP contribution is -1.99. The highest BCUT2D eigenvalue weighted by molar-refractivity contribution is 5.32. The first-order valence-electron chi connectivity index (χ1n) is 6.13. The fourth-order valence-electron chi connectivity index (χ4n) is 2.11. The van der Waals surface area contributed by atoms with E-state index in [9.17, 15) is 0 Å². The molecule has 0 aliphatic carbocycles. The van der Waals surface area contributed by atoms with Crippen molar-refractivity contribution in [3.63, 3.8) is 0 Å². The summed E-state index contributed by atoms with van der Waals surface area (Å²) in [5, 5.41) is 0. The van der Waals surface area contributed by atoms with E-state index in [-0.39, 0.29) is 0 Å². The molecule has 0 atom stereocenters. The summed E-state index contributed by atoms with van der Waals surface area (Å²) in [5.74, 6) is 0.466. The summed E-state index contributed by atoms with van der Waals surface area (Å²) in [6.07, 6.45) is 5.42. The van der Waals surface area contributed by atoms with Crippen LogP contribution in [0.4, 0.5) is 0 Å². The third-order valence-electron chi connectivity index (χ3n) is 3.01. The van der Waals surface area contributed by atoms with Crippen LogP contribution in [0, 0.1) is 0 Å². The molecule has 0 amide bonds. The maximum atomic E-state index is 2.24. The molecule has 0 heterocycles. The zero-order valence-corrected chi connectivity index (χ0v) is 10.2. The maximum absolute atomic E-state index is 2.24. The molecule has 0 aliphatic heterocycles. The molecule has 86 valence electrons. The summed E-state index contributed by atoms with van der Waals surface area (Å²) in [4.78, 5) is 0. The minimum atomic E-state index is 0.466. The van der Waals surface area contributed by atoms with Crippen LogP contribution in [0.1, 0.15) is 30.4 Å². The van der Waals surface area contributed by atoms with E-state index < -0.39 is 0 Å². The topological polar surface area (TPSA) is 0 Å². The van der Waals surface area contributed by atoms with Crippen LogP contribution in [0.25, 0.3) is 0 Å². The van der Waals surface area contributed by atoms with Gasteiger partial charge < -0.3 is 0 Å². The molecule has 0 aliphatic rings. The van der Waals surface area contributed by atoms with Crippen molar-refractivity contribution in [2.24, 2.45) is 0 Å². The molecule has 0 unspecified atom stereocenters. The lowest BCUT2D eigenvalue weighted by Gasteiger charge is -2.16. The normalized spacial score (nSPS) is 11.2. The molecule has 17 heavy (non-hydrogen) atoms. The summed E-state index contributed by atoms with van der Waals surface area (Å²) in [6.45, 7) is 2.08. The summed E-state index contributed by atoms with van der Waals surface area (Å²) >= 11 is 0. The molecule has 0 radical (unpaired) electrons. The molecule has 0 spiro atoms. The fourth-order valence-corrected chi connectivity index (χ4v) is 2.11. The van der Waals surface area contributed by atoms with Crippen LogP contribution >= 0.6 is 0 Å². The monoisotopic (exact) mass is 222 g/mol. The second-order valence-corrected chi connectivity index (χ2v) is 4.18. The number of hydrogen-bond donors (Lipinski definition) is 0. The predicted octanol–water partition coefficient (Wildman–Crippen LogP) is 4.78. The second-order valence-electron chi connectivity index (χ2n) is 4.18. The molecule has 2 aromatic rings. The highest BCUT2D eigenvalue weighted by Gasteiger charge is 2.11. The molecular weight excluding hydrogens is 204 g/mol. The van der Waals surface area contributed by atoms with E-state index in [4.69, 9.17) is 0 Å². The first-order valence-corrected chi connectivity index (χ1v) is 6.13. The minimum Gasteiger partial charge on any atom is -0.0916 e. The number of allylic oxidation sites excluding steroid dienone is 2. The Kier molecular flexibility index (Phi) is 4.15. The zero-order chi connectivity index (χ0) is 11.9. The summed E-state index contributed by atoms with van der Waals surface area (Å²) in [5.41, 5.74) is 2.77. The van der Waals surface area contributed by atoms with Crippen LogP contribution in [0.5, 0.6) is 0 Å². The molecule has 0 saturated heterocycles. The third kappa shape index (κ3) is 3.07. The average molecular weight is 222 g/mol. The molecule has 0 nitrogen and oxygen atoms in total. The quantitative estimate of drug-likeness (QED) is 0.653. The van der Waals surface area contributed by atoms with E-state index in [2.05, 4.69) is 79.7 Å². The van der Waals surface area contributed by atoms with Crippen molar-refractivity contribution in [1.82, 2.24) is 0 Å². The van der Waals surface area contributed by atoms with Crippen LogP contribution in [0.15, 0.2) is 72.8 Å². The molecule has 0 fully saturated rings. The van der Waals surface area contributed by atoms with Crippen molar-refractivity contribution >= 4 is 0 Å². The number of hydrogen-bond acceptors (Lipinski definition) is 0. The van der Waals surface area contributed by atoms with Crippen LogP contribution in [0.3, 0.4) is 0 Å². The predicted molar refractivity (Wildman–Crippen MR) is 74.2 cm³/mol. The van der Waals surface area contributed by atoms with Gasteiger partial charge in [-0.25, -0.2) is 0 Å². The Morgan fingerprint density at radius 3 is 1.71 bits per heavy atom. The standard InChI is InChI=1S/C17H18/c1-2-3-14-17(15-10-6-4-7-11-15)16-12-8-5-9-13-16/h2-13,17H,14H2,1H3. The van der Waals surface area contributed by atoms with E-state index in [1.54, 1.807) is 0 Å². The van der Waals surface area contributed by atoms with Gasteiger partial charge in [-0.1, -0.05) is 72.8 Å². The van der Waals surface area contributed by atoms with Gasteiger partial charge in [0.25, 0.3) is 0 Å². The Balaban J connectivity index is 2.32. The summed E-state index contributed by atoms with van der Waals surface area (Å²) in [6, 6.07) is 21.4. The highest BCUT2D eigenvalue weighted by atomic mass is 14.1. The van der Waals surface area contributed by atoms with Crippen LogP contribution < -0.4 is 0 Å². The average Bonchev–Trinajstić information content (AvgIpc) is 2.42. The van der Waals surface area contributed by atoms with Crippen LogP contribution in [-0.4, -0.2) is 0 Å². The fraction of sp³-hybridized carbons (Fsp3) is 0.176. The van der Waals surface area contributed by atoms with Gasteiger partial charge in [-0.15, -0.1) is 0 Å². The zero-order valence-electron chi connectivity index (χ0n) is 10.2. The SMILES string of the molecule is CC=CCC(c1ccccc1)c1ccccc1. The Bertz CT molecular complexity index is 414. The van der Waals surface area contributed by atoms with Gasteiger partial charge >= 0.3 is 0 Å². The van der Waals surface area contributed by atoms with Gasteiger partial charge in [-0.3, -0.25) is 0 Å². The number of rotatable bonds is 4. The van der Waals surface area contributed by atoms with E-state index in [1.807, 2.05) is 0 Å². The van der Waals surface area contributed by atoms with Crippen molar-refractivity contribution in [2.75, 3.05) is 0 Å². The second kappa shape index (κ2) is 6.05. The Morgan fingerprint density at radius 2 is 1.29 bits per heavy atom. The molecule has 2 aromatic carbocycles.